The molecule has 2 aliphatic rings. The highest BCUT2D eigenvalue weighted by atomic mass is 32.1. The number of ether oxygens (including phenoxy) is 2. The Balaban J connectivity index is 1.41. The molecule has 0 radical (unpaired) electrons. The lowest BCUT2D eigenvalue weighted by molar-refractivity contribution is 0.0341. The molecular formula is C26H26N6O2S. The van der Waals surface area contributed by atoms with Crippen molar-refractivity contribution in [3.05, 3.63) is 48.3 Å². The van der Waals surface area contributed by atoms with E-state index in [0.717, 1.165) is 94.5 Å². The van der Waals surface area contributed by atoms with Crippen molar-refractivity contribution in [2.24, 2.45) is 0 Å². The van der Waals surface area contributed by atoms with Crippen LogP contribution in [0.3, 0.4) is 0 Å². The molecule has 1 aromatic carbocycles. The van der Waals surface area contributed by atoms with E-state index in [1.807, 2.05) is 12.4 Å². The summed E-state index contributed by atoms with van der Waals surface area (Å²) in [4.78, 5) is 24.2. The lowest BCUT2D eigenvalue weighted by Crippen LogP contribution is -2.36. The van der Waals surface area contributed by atoms with Crippen LogP contribution in [0.15, 0.2) is 42.7 Å². The van der Waals surface area contributed by atoms with Gasteiger partial charge in [0.2, 0.25) is 0 Å². The average Bonchev–Trinajstić information content (AvgIpc) is 3.54. The molecule has 2 fully saturated rings. The summed E-state index contributed by atoms with van der Waals surface area (Å²) in [5.74, 6) is 1.74. The number of pyridine rings is 1. The molecule has 0 aliphatic carbocycles. The van der Waals surface area contributed by atoms with Crippen molar-refractivity contribution in [1.29, 1.82) is 0 Å². The lowest BCUT2D eigenvalue weighted by Gasteiger charge is -2.28. The number of nitrogens with zero attached hydrogens (tertiary/aromatic N) is 5. The Morgan fingerprint density at radius 2 is 1.77 bits per heavy atom. The summed E-state index contributed by atoms with van der Waals surface area (Å²) in [6.07, 6.45) is 3.98. The number of anilines is 1. The maximum atomic E-state index is 5.63. The minimum atomic E-state index is 0.709. The van der Waals surface area contributed by atoms with Crippen molar-refractivity contribution in [1.82, 2.24) is 24.8 Å². The predicted octanol–water partition coefficient (Wildman–Crippen LogP) is 4.06. The first-order chi connectivity index (χ1) is 17.3. The van der Waals surface area contributed by atoms with Crippen LogP contribution in [-0.2, 0) is 16.0 Å². The summed E-state index contributed by atoms with van der Waals surface area (Å²) in [5.41, 5.74) is 4.32. The fraction of sp³-hybridized carbons (Fsp3) is 0.346. The number of nitrogens with one attached hydrogen (secondary N) is 1. The summed E-state index contributed by atoms with van der Waals surface area (Å²) in [6.45, 7) is 7.44. The van der Waals surface area contributed by atoms with Gasteiger partial charge in [-0.25, -0.2) is 15.0 Å². The number of morpholine rings is 2. The fourth-order valence-corrected chi connectivity index (χ4v) is 6.14. The van der Waals surface area contributed by atoms with Crippen molar-refractivity contribution in [2.45, 2.75) is 6.54 Å². The van der Waals surface area contributed by atoms with Crippen molar-refractivity contribution >= 4 is 48.5 Å². The Labute approximate surface area is 206 Å². The van der Waals surface area contributed by atoms with Gasteiger partial charge in [0.1, 0.15) is 4.83 Å². The maximum absolute atomic E-state index is 5.63. The second kappa shape index (κ2) is 8.83. The van der Waals surface area contributed by atoms with Crippen LogP contribution in [0, 0.1) is 0 Å². The van der Waals surface area contributed by atoms with Gasteiger partial charge < -0.3 is 19.4 Å². The van der Waals surface area contributed by atoms with Crippen molar-refractivity contribution < 1.29 is 9.47 Å². The second-order valence-electron chi connectivity index (χ2n) is 9.08. The third-order valence-electron chi connectivity index (χ3n) is 6.87. The largest absolute Gasteiger partial charge is 0.379 e. The number of rotatable bonds is 4. The van der Waals surface area contributed by atoms with Crippen molar-refractivity contribution in [3.63, 3.8) is 0 Å². The van der Waals surface area contributed by atoms with Gasteiger partial charge in [0.05, 0.1) is 36.6 Å². The number of benzene rings is 1. The monoisotopic (exact) mass is 486 g/mol. The third-order valence-corrected chi connectivity index (χ3v) is 7.96. The zero-order valence-corrected chi connectivity index (χ0v) is 20.2. The molecule has 2 aliphatic heterocycles. The van der Waals surface area contributed by atoms with E-state index >= 15 is 0 Å². The fourth-order valence-electron chi connectivity index (χ4n) is 5.05. The van der Waals surface area contributed by atoms with Crippen LogP contribution in [0.2, 0.25) is 0 Å². The van der Waals surface area contributed by atoms with Crippen molar-refractivity contribution in [3.8, 4) is 11.4 Å². The van der Waals surface area contributed by atoms with E-state index in [9.17, 15) is 0 Å². The van der Waals surface area contributed by atoms with Gasteiger partial charge in [-0.15, -0.1) is 11.3 Å². The molecule has 1 N–H and O–H groups in total. The van der Waals surface area contributed by atoms with Crippen LogP contribution in [0.25, 0.3) is 42.7 Å². The molecule has 8 nitrogen and oxygen atoms in total. The minimum absolute atomic E-state index is 0.709. The summed E-state index contributed by atoms with van der Waals surface area (Å²) in [5, 5.41) is 2.24. The van der Waals surface area contributed by atoms with Crippen LogP contribution in [-0.4, -0.2) is 77.4 Å². The SMILES string of the molecule is c1cc(-c2nc(N3CCOCC3)c3sc4ncc(CN5CCOCC5)cc4c3n2)c2cc[nH]c2c1. The molecule has 178 valence electrons. The summed E-state index contributed by atoms with van der Waals surface area (Å²) in [7, 11) is 0. The number of H-pyrrole nitrogens is 1. The van der Waals surface area contributed by atoms with Gasteiger partial charge in [-0.3, -0.25) is 4.90 Å². The van der Waals surface area contributed by atoms with E-state index in [1.165, 1.54) is 5.56 Å². The Kier molecular flexibility index (Phi) is 5.35. The van der Waals surface area contributed by atoms with E-state index in [4.69, 9.17) is 24.4 Å². The Hall–Kier alpha value is -3.11. The van der Waals surface area contributed by atoms with Crippen LogP contribution in [0.5, 0.6) is 0 Å². The summed E-state index contributed by atoms with van der Waals surface area (Å²) in [6, 6.07) is 10.6. The maximum Gasteiger partial charge on any atom is 0.162 e. The Morgan fingerprint density at radius 3 is 2.63 bits per heavy atom. The lowest BCUT2D eigenvalue weighted by atomic mass is 10.1. The standard InChI is InChI=1S/C26H26N6O2S/c1-2-19(18-4-5-27-21(18)3-1)24-29-22-20-14-17(16-31-6-10-33-11-7-31)15-28-26(20)35-23(22)25(30-24)32-8-12-34-13-9-32/h1-5,14-15,27H,6-13,16H2. The van der Waals surface area contributed by atoms with Crippen LogP contribution in [0.4, 0.5) is 5.82 Å². The number of aromatic nitrogens is 4. The molecule has 2 saturated heterocycles. The van der Waals surface area contributed by atoms with Gasteiger partial charge in [0, 0.05) is 67.0 Å². The number of fused-ring (bicyclic) bond motifs is 4. The highest BCUT2D eigenvalue weighted by Crippen LogP contribution is 2.39. The van der Waals surface area contributed by atoms with E-state index in [-0.39, 0.29) is 0 Å². The second-order valence-corrected chi connectivity index (χ2v) is 10.1. The smallest absolute Gasteiger partial charge is 0.162 e. The molecule has 0 atom stereocenters. The van der Waals surface area contributed by atoms with Gasteiger partial charge in [-0.2, -0.15) is 0 Å². The molecule has 35 heavy (non-hydrogen) atoms. The molecule has 9 heteroatoms. The zero-order chi connectivity index (χ0) is 23.2. The molecule has 0 bridgehead atoms. The Morgan fingerprint density at radius 1 is 0.943 bits per heavy atom. The predicted molar refractivity (Wildman–Crippen MR) is 139 cm³/mol. The molecule has 0 saturated carbocycles. The highest BCUT2D eigenvalue weighted by molar-refractivity contribution is 7.25. The minimum Gasteiger partial charge on any atom is -0.379 e. The molecular weight excluding hydrogens is 460 g/mol. The molecule has 0 unspecified atom stereocenters. The zero-order valence-electron chi connectivity index (χ0n) is 19.4. The van der Waals surface area contributed by atoms with Crippen molar-refractivity contribution in [2.75, 3.05) is 57.5 Å². The first kappa shape index (κ1) is 21.2. The van der Waals surface area contributed by atoms with E-state index in [2.05, 4.69) is 45.1 Å². The number of hydrogen-bond donors (Lipinski definition) is 1. The Bertz CT molecular complexity index is 1520. The molecule has 4 aromatic heterocycles. The van der Waals surface area contributed by atoms with Gasteiger partial charge in [-0.05, 0) is 23.8 Å². The number of aromatic amines is 1. The first-order valence-corrected chi connectivity index (χ1v) is 12.9. The summed E-state index contributed by atoms with van der Waals surface area (Å²) < 4.78 is 12.2. The molecule has 5 aromatic rings. The molecule has 0 amide bonds. The third kappa shape index (κ3) is 3.84. The van der Waals surface area contributed by atoms with Crippen LogP contribution in [0.1, 0.15) is 5.56 Å². The van der Waals surface area contributed by atoms with E-state index in [1.54, 1.807) is 11.3 Å². The normalized spacial score (nSPS) is 17.7. The van der Waals surface area contributed by atoms with Crippen LogP contribution >= 0.6 is 11.3 Å². The van der Waals surface area contributed by atoms with Crippen LogP contribution < -0.4 is 4.90 Å². The average molecular weight is 487 g/mol. The quantitative estimate of drug-likeness (QED) is 0.410. The molecule has 6 heterocycles. The van der Waals surface area contributed by atoms with E-state index < -0.39 is 0 Å². The number of hydrogen-bond acceptors (Lipinski definition) is 8. The first-order valence-electron chi connectivity index (χ1n) is 12.1. The van der Waals surface area contributed by atoms with Gasteiger partial charge >= 0.3 is 0 Å². The van der Waals surface area contributed by atoms with E-state index in [0.29, 0.717) is 13.2 Å². The molecule has 0 spiro atoms. The van der Waals surface area contributed by atoms with Gasteiger partial charge in [0.25, 0.3) is 0 Å². The molecule has 7 rings (SSSR count). The topological polar surface area (TPSA) is 79.4 Å². The van der Waals surface area contributed by atoms with Gasteiger partial charge in [-0.1, -0.05) is 12.1 Å². The van der Waals surface area contributed by atoms with Gasteiger partial charge in [0.15, 0.2) is 11.6 Å². The number of thiophene rings is 1. The summed E-state index contributed by atoms with van der Waals surface area (Å²) >= 11 is 1.69. The highest BCUT2D eigenvalue weighted by Gasteiger charge is 2.23.